The van der Waals surface area contributed by atoms with Crippen molar-refractivity contribution in [1.82, 2.24) is 10.3 Å². The van der Waals surface area contributed by atoms with Crippen molar-refractivity contribution >= 4 is 46.9 Å². The number of anilines is 1. The molecule has 160 valence electrons. The van der Waals surface area contributed by atoms with E-state index in [0.29, 0.717) is 10.1 Å². The van der Waals surface area contributed by atoms with Crippen LogP contribution >= 0.6 is 23.8 Å². The van der Waals surface area contributed by atoms with Crippen molar-refractivity contribution in [2.45, 2.75) is 12.8 Å². The maximum absolute atomic E-state index is 6.02. The van der Waals surface area contributed by atoms with Gasteiger partial charge < -0.3 is 15.0 Å². The molecule has 0 atom stereocenters. The molecular formula is C24H25ClN4OS. The molecule has 0 amide bonds. The number of allylic oxidation sites excluding steroid dienone is 2. The van der Waals surface area contributed by atoms with E-state index < -0.39 is 0 Å². The zero-order valence-corrected chi connectivity index (χ0v) is 18.8. The average Bonchev–Trinajstić information content (AvgIpc) is 3.17. The first-order chi connectivity index (χ1) is 15.2. The van der Waals surface area contributed by atoms with Gasteiger partial charge in [0.15, 0.2) is 5.11 Å². The second kappa shape index (κ2) is 10.6. The van der Waals surface area contributed by atoms with Gasteiger partial charge in [0, 0.05) is 29.5 Å². The van der Waals surface area contributed by atoms with E-state index in [9.17, 15) is 0 Å². The van der Waals surface area contributed by atoms with Crippen LogP contribution < -0.4 is 10.7 Å². The summed E-state index contributed by atoms with van der Waals surface area (Å²) >= 11 is 11.4. The van der Waals surface area contributed by atoms with Crippen LogP contribution in [0.3, 0.4) is 0 Å². The minimum atomic E-state index is 0.421. The molecule has 0 spiro atoms. The second-order valence-corrected chi connectivity index (χ2v) is 8.23. The first-order valence-electron chi connectivity index (χ1n) is 10.4. The number of nitrogens with zero attached hydrogens (tertiary/aromatic N) is 2. The topological polar surface area (TPSA) is 48.9 Å². The molecule has 2 aromatic rings. The van der Waals surface area contributed by atoms with Gasteiger partial charge in [-0.1, -0.05) is 48.0 Å². The van der Waals surface area contributed by atoms with Gasteiger partial charge in [0.1, 0.15) is 0 Å². The lowest BCUT2D eigenvalue weighted by molar-refractivity contribution is 0.0548. The summed E-state index contributed by atoms with van der Waals surface area (Å²) in [5.74, 6) is 0. The molecule has 1 aliphatic heterocycles. The summed E-state index contributed by atoms with van der Waals surface area (Å²) in [4.78, 5) is 2.41. The second-order valence-electron chi connectivity index (χ2n) is 7.39. The van der Waals surface area contributed by atoms with Gasteiger partial charge in [-0.3, -0.25) is 5.43 Å². The number of ether oxygens (including phenoxy) is 1. The van der Waals surface area contributed by atoms with Gasteiger partial charge in [-0.15, -0.1) is 0 Å². The fourth-order valence-electron chi connectivity index (χ4n) is 3.82. The summed E-state index contributed by atoms with van der Waals surface area (Å²) in [6.45, 7) is 3.28. The summed E-state index contributed by atoms with van der Waals surface area (Å²) < 4.78 is 5.56. The first kappa shape index (κ1) is 21.6. The standard InChI is InChI=1S/C24H25ClN4OS/c25-21-7-4-8-22(16-21)27-24(31)28-26-17-20-10-9-19(15-18-5-2-1-3-6-18)23(20)29-11-13-30-14-12-29/h1-8,15-17H,9-14H2,(H2,27,28,31)/b19-15+,26-17+. The Morgan fingerprint density at radius 1 is 1.06 bits per heavy atom. The highest BCUT2D eigenvalue weighted by Crippen LogP contribution is 2.34. The third kappa shape index (κ3) is 5.94. The van der Waals surface area contributed by atoms with Crippen LogP contribution in [0, 0.1) is 0 Å². The molecule has 1 saturated heterocycles. The highest BCUT2D eigenvalue weighted by atomic mass is 35.5. The van der Waals surface area contributed by atoms with Crippen molar-refractivity contribution in [1.29, 1.82) is 0 Å². The van der Waals surface area contributed by atoms with Crippen LogP contribution in [0.2, 0.25) is 5.02 Å². The van der Waals surface area contributed by atoms with Gasteiger partial charge in [0.2, 0.25) is 0 Å². The van der Waals surface area contributed by atoms with Gasteiger partial charge in [-0.2, -0.15) is 5.10 Å². The van der Waals surface area contributed by atoms with Crippen LogP contribution in [0.1, 0.15) is 18.4 Å². The Bertz CT molecular complexity index is 1010. The van der Waals surface area contributed by atoms with Gasteiger partial charge in [0.25, 0.3) is 0 Å². The highest BCUT2D eigenvalue weighted by molar-refractivity contribution is 7.80. The number of hydrogen-bond donors (Lipinski definition) is 2. The smallest absolute Gasteiger partial charge is 0.191 e. The lowest BCUT2D eigenvalue weighted by Crippen LogP contribution is -2.36. The van der Waals surface area contributed by atoms with Crippen molar-refractivity contribution in [3.63, 3.8) is 0 Å². The SMILES string of the molecule is S=C(N/N=C/C1=C(N2CCOCC2)C(=C/c2ccccc2)/CC1)Nc1cccc(Cl)c1. The van der Waals surface area contributed by atoms with Crippen LogP contribution in [-0.2, 0) is 4.74 Å². The molecule has 2 aromatic carbocycles. The number of morpholine rings is 1. The lowest BCUT2D eigenvalue weighted by atomic mass is 10.1. The number of hydrazone groups is 1. The molecule has 5 nitrogen and oxygen atoms in total. The third-order valence-corrected chi connectivity index (χ3v) is 5.64. The van der Waals surface area contributed by atoms with Crippen LogP contribution in [0.15, 0.2) is 76.5 Å². The molecule has 2 aliphatic rings. The molecule has 0 aromatic heterocycles. The molecule has 0 radical (unpaired) electrons. The fraction of sp³-hybridized carbons (Fsp3) is 0.250. The zero-order chi connectivity index (χ0) is 21.5. The van der Waals surface area contributed by atoms with Crippen LogP contribution in [0.5, 0.6) is 0 Å². The summed E-state index contributed by atoms with van der Waals surface area (Å²) in [5.41, 5.74) is 8.77. The van der Waals surface area contributed by atoms with Gasteiger partial charge in [0.05, 0.1) is 19.4 Å². The molecule has 2 N–H and O–H groups in total. The van der Waals surface area contributed by atoms with Crippen molar-refractivity contribution < 1.29 is 4.74 Å². The molecular weight excluding hydrogens is 428 g/mol. The summed E-state index contributed by atoms with van der Waals surface area (Å²) in [7, 11) is 0. The monoisotopic (exact) mass is 452 g/mol. The summed E-state index contributed by atoms with van der Waals surface area (Å²) in [5, 5.41) is 8.57. The quantitative estimate of drug-likeness (QED) is 0.376. The Hall–Kier alpha value is -2.67. The van der Waals surface area contributed by atoms with E-state index in [1.165, 1.54) is 22.4 Å². The van der Waals surface area contributed by atoms with E-state index in [0.717, 1.165) is 44.8 Å². The first-order valence-corrected chi connectivity index (χ1v) is 11.1. The van der Waals surface area contributed by atoms with Crippen LogP contribution in [0.25, 0.3) is 6.08 Å². The molecule has 0 unspecified atom stereocenters. The van der Waals surface area contributed by atoms with Gasteiger partial charge in [-0.05, 0) is 66.0 Å². The molecule has 4 rings (SSSR count). The Kier molecular flexibility index (Phi) is 7.35. The zero-order valence-electron chi connectivity index (χ0n) is 17.2. The molecule has 0 saturated carbocycles. The van der Waals surface area contributed by atoms with Crippen molar-refractivity contribution in [3.8, 4) is 0 Å². The maximum Gasteiger partial charge on any atom is 0.191 e. The molecule has 7 heteroatoms. The van der Waals surface area contributed by atoms with E-state index in [2.05, 4.69) is 51.1 Å². The van der Waals surface area contributed by atoms with E-state index in [1.54, 1.807) is 0 Å². The van der Waals surface area contributed by atoms with E-state index in [-0.39, 0.29) is 0 Å². The number of halogens is 1. The number of nitrogens with one attached hydrogen (secondary N) is 2. The molecule has 31 heavy (non-hydrogen) atoms. The molecule has 1 fully saturated rings. The summed E-state index contributed by atoms with van der Waals surface area (Å²) in [6.07, 6.45) is 6.12. The molecule has 1 heterocycles. The Morgan fingerprint density at radius 2 is 1.87 bits per heavy atom. The minimum Gasteiger partial charge on any atom is -0.378 e. The molecule has 1 aliphatic carbocycles. The van der Waals surface area contributed by atoms with Gasteiger partial charge >= 0.3 is 0 Å². The molecule has 0 bridgehead atoms. The largest absolute Gasteiger partial charge is 0.378 e. The van der Waals surface area contributed by atoms with E-state index in [1.807, 2.05) is 36.5 Å². The van der Waals surface area contributed by atoms with Crippen LogP contribution in [-0.4, -0.2) is 42.5 Å². The number of thiocarbonyl (C=S) groups is 1. The van der Waals surface area contributed by atoms with E-state index in [4.69, 9.17) is 28.6 Å². The maximum atomic E-state index is 6.02. The number of hydrogen-bond acceptors (Lipinski definition) is 4. The average molecular weight is 453 g/mol. The normalized spacial score (nSPS) is 18.1. The number of rotatable bonds is 5. The van der Waals surface area contributed by atoms with Gasteiger partial charge in [-0.25, -0.2) is 0 Å². The fourth-order valence-corrected chi connectivity index (χ4v) is 4.18. The van der Waals surface area contributed by atoms with Crippen molar-refractivity contribution in [2.24, 2.45) is 5.10 Å². The predicted molar refractivity (Wildman–Crippen MR) is 132 cm³/mol. The third-order valence-electron chi connectivity index (χ3n) is 5.21. The Morgan fingerprint density at radius 3 is 2.65 bits per heavy atom. The van der Waals surface area contributed by atoms with Crippen molar-refractivity contribution in [3.05, 3.63) is 82.0 Å². The Labute approximate surface area is 193 Å². The minimum absolute atomic E-state index is 0.421. The van der Waals surface area contributed by atoms with Crippen LogP contribution in [0.4, 0.5) is 5.69 Å². The highest BCUT2D eigenvalue weighted by Gasteiger charge is 2.25. The van der Waals surface area contributed by atoms with E-state index >= 15 is 0 Å². The summed E-state index contributed by atoms with van der Waals surface area (Å²) in [6, 6.07) is 17.9. The van der Waals surface area contributed by atoms with Crippen molar-refractivity contribution in [2.75, 3.05) is 31.6 Å². The Balaban J connectivity index is 1.50. The number of benzene rings is 2. The lowest BCUT2D eigenvalue weighted by Gasteiger charge is -2.31. The predicted octanol–water partition coefficient (Wildman–Crippen LogP) is 5.08.